The van der Waals surface area contributed by atoms with Crippen molar-refractivity contribution in [3.8, 4) is 0 Å². The standard InChI is InChI=1S/C15H19N3O3/c19-15(16-10-9-12-5-2-1-3-6-12)17-13-7-4-8-14(11-13)18(20)21/h4-5,7-8,11H,1-3,6,9-10H2,(H2,16,17,19). The lowest BCUT2D eigenvalue weighted by molar-refractivity contribution is -0.384. The van der Waals surface area contributed by atoms with Gasteiger partial charge < -0.3 is 10.6 Å². The Balaban J connectivity index is 1.77. The maximum atomic E-state index is 11.7. The fraction of sp³-hybridized carbons (Fsp3) is 0.400. The third-order valence-electron chi connectivity index (χ3n) is 3.43. The average Bonchev–Trinajstić information content (AvgIpc) is 2.48. The second-order valence-corrected chi connectivity index (χ2v) is 5.05. The van der Waals surface area contributed by atoms with Crippen LogP contribution in [0, 0.1) is 10.1 Å². The van der Waals surface area contributed by atoms with E-state index < -0.39 is 4.92 Å². The smallest absolute Gasteiger partial charge is 0.319 e. The first-order valence-corrected chi connectivity index (χ1v) is 7.12. The number of rotatable bonds is 5. The Morgan fingerprint density at radius 3 is 2.90 bits per heavy atom. The van der Waals surface area contributed by atoms with E-state index in [1.54, 1.807) is 12.1 Å². The molecule has 1 aromatic carbocycles. The maximum Gasteiger partial charge on any atom is 0.319 e. The number of anilines is 1. The van der Waals surface area contributed by atoms with Gasteiger partial charge in [0.2, 0.25) is 0 Å². The molecule has 0 unspecified atom stereocenters. The molecule has 0 saturated carbocycles. The summed E-state index contributed by atoms with van der Waals surface area (Å²) in [4.78, 5) is 21.9. The lowest BCUT2D eigenvalue weighted by Gasteiger charge is -2.13. The summed E-state index contributed by atoms with van der Waals surface area (Å²) in [6.45, 7) is 0.576. The van der Waals surface area contributed by atoms with Crippen LogP contribution in [0.5, 0.6) is 0 Å². The topological polar surface area (TPSA) is 84.3 Å². The van der Waals surface area contributed by atoms with Crippen LogP contribution in [0.3, 0.4) is 0 Å². The second-order valence-electron chi connectivity index (χ2n) is 5.05. The molecule has 2 N–H and O–H groups in total. The highest BCUT2D eigenvalue weighted by atomic mass is 16.6. The fourth-order valence-corrected chi connectivity index (χ4v) is 2.34. The number of nitro groups is 1. The Hall–Kier alpha value is -2.37. The van der Waals surface area contributed by atoms with Crippen LogP contribution in [0.2, 0.25) is 0 Å². The van der Waals surface area contributed by atoms with Crippen LogP contribution in [0.25, 0.3) is 0 Å². The first-order valence-electron chi connectivity index (χ1n) is 7.12. The van der Waals surface area contributed by atoms with Gasteiger partial charge in [-0.3, -0.25) is 10.1 Å². The van der Waals surface area contributed by atoms with Crippen molar-refractivity contribution >= 4 is 17.4 Å². The molecule has 112 valence electrons. The Kier molecular flexibility index (Phi) is 5.31. The van der Waals surface area contributed by atoms with Crippen molar-refractivity contribution in [1.29, 1.82) is 0 Å². The summed E-state index contributed by atoms with van der Waals surface area (Å²) >= 11 is 0. The number of non-ortho nitro benzene ring substituents is 1. The summed E-state index contributed by atoms with van der Waals surface area (Å²) in [7, 11) is 0. The highest BCUT2D eigenvalue weighted by Crippen LogP contribution is 2.19. The van der Waals surface area contributed by atoms with E-state index in [4.69, 9.17) is 0 Å². The van der Waals surface area contributed by atoms with Crippen LogP contribution in [-0.2, 0) is 0 Å². The summed E-state index contributed by atoms with van der Waals surface area (Å²) in [5.41, 5.74) is 1.77. The lowest BCUT2D eigenvalue weighted by Crippen LogP contribution is -2.29. The van der Waals surface area contributed by atoms with E-state index in [0.717, 1.165) is 19.3 Å². The zero-order chi connectivity index (χ0) is 15.1. The van der Waals surface area contributed by atoms with Gasteiger partial charge in [-0.1, -0.05) is 17.7 Å². The molecule has 0 fully saturated rings. The first-order chi connectivity index (χ1) is 10.1. The third-order valence-corrected chi connectivity index (χ3v) is 3.43. The molecule has 0 radical (unpaired) electrons. The summed E-state index contributed by atoms with van der Waals surface area (Å²) < 4.78 is 0. The molecule has 2 amide bonds. The van der Waals surface area contributed by atoms with Crippen LogP contribution >= 0.6 is 0 Å². The molecule has 0 atom stereocenters. The first kappa shape index (κ1) is 15.0. The number of nitrogens with one attached hydrogen (secondary N) is 2. The molecule has 1 aliphatic rings. The highest BCUT2D eigenvalue weighted by molar-refractivity contribution is 5.89. The number of allylic oxidation sites excluding steroid dienone is 1. The van der Waals surface area contributed by atoms with E-state index in [0.29, 0.717) is 12.2 Å². The van der Waals surface area contributed by atoms with Gasteiger partial charge in [-0.2, -0.15) is 0 Å². The number of amides is 2. The largest absolute Gasteiger partial charge is 0.338 e. The molecule has 1 aliphatic carbocycles. The van der Waals surface area contributed by atoms with Crippen LogP contribution in [0.4, 0.5) is 16.2 Å². The minimum atomic E-state index is -0.487. The number of hydrogen-bond acceptors (Lipinski definition) is 3. The molecule has 1 aromatic rings. The average molecular weight is 289 g/mol. The van der Waals surface area contributed by atoms with Crippen molar-refractivity contribution < 1.29 is 9.72 Å². The van der Waals surface area contributed by atoms with E-state index in [1.807, 2.05) is 0 Å². The predicted octanol–water partition coefficient (Wildman–Crippen LogP) is 3.61. The zero-order valence-electron chi connectivity index (χ0n) is 11.8. The van der Waals surface area contributed by atoms with Crippen LogP contribution in [-0.4, -0.2) is 17.5 Å². The number of carbonyl (C=O) groups excluding carboxylic acids is 1. The van der Waals surface area contributed by atoms with Gasteiger partial charge in [-0.25, -0.2) is 4.79 Å². The molecule has 0 spiro atoms. The van der Waals surface area contributed by atoms with E-state index >= 15 is 0 Å². The molecular formula is C15H19N3O3. The molecule has 21 heavy (non-hydrogen) atoms. The van der Waals surface area contributed by atoms with Gasteiger partial charge in [-0.05, 0) is 38.2 Å². The van der Waals surface area contributed by atoms with Crippen molar-refractivity contribution in [2.45, 2.75) is 32.1 Å². The Morgan fingerprint density at radius 1 is 1.33 bits per heavy atom. The normalized spacial score (nSPS) is 14.2. The fourth-order valence-electron chi connectivity index (χ4n) is 2.34. The molecule has 6 heteroatoms. The molecule has 0 aromatic heterocycles. The van der Waals surface area contributed by atoms with Gasteiger partial charge in [0.1, 0.15) is 0 Å². The van der Waals surface area contributed by atoms with Gasteiger partial charge in [0.15, 0.2) is 0 Å². The van der Waals surface area contributed by atoms with Gasteiger partial charge in [-0.15, -0.1) is 0 Å². The SMILES string of the molecule is O=C(NCCC1=CCCCC1)Nc1cccc([N+](=O)[O-])c1. The van der Waals surface area contributed by atoms with E-state index in [9.17, 15) is 14.9 Å². The quantitative estimate of drug-likeness (QED) is 0.493. The van der Waals surface area contributed by atoms with E-state index in [-0.39, 0.29) is 11.7 Å². The summed E-state index contributed by atoms with van der Waals surface area (Å²) in [5.74, 6) is 0. The number of carbonyl (C=O) groups is 1. The summed E-state index contributed by atoms with van der Waals surface area (Å²) in [6.07, 6.45) is 7.85. The minimum absolute atomic E-state index is 0.0415. The Bertz CT molecular complexity index is 555. The molecule has 0 bridgehead atoms. The lowest BCUT2D eigenvalue weighted by atomic mass is 9.97. The van der Waals surface area contributed by atoms with Gasteiger partial charge in [0.05, 0.1) is 4.92 Å². The van der Waals surface area contributed by atoms with Crippen molar-refractivity contribution in [1.82, 2.24) is 5.32 Å². The molecule has 6 nitrogen and oxygen atoms in total. The van der Waals surface area contributed by atoms with Crippen molar-refractivity contribution in [3.05, 3.63) is 46.0 Å². The molecule has 0 aliphatic heterocycles. The number of hydrogen-bond donors (Lipinski definition) is 2. The maximum absolute atomic E-state index is 11.7. The highest BCUT2D eigenvalue weighted by Gasteiger charge is 2.08. The summed E-state index contributed by atoms with van der Waals surface area (Å²) in [6, 6.07) is 5.55. The van der Waals surface area contributed by atoms with Crippen LogP contribution < -0.4 is 10.6 Å². The number of nitrogens with zero attached hydrogens (tertiary/aromatic N) is 1. The van der Waals surface area contributed by atoms with E-state index in [1.165, 1.54) is 30.5 Å². The monoisotopic (exact) mass is 289 g/mol. The van der Waals surface area contributed by atoms with Crippen molar-refractivity contribution in [2.75, 3.05) is 11.9 Å². The summed E-state index contributed by atoms with van der Waals surface area (Å²) in [5, 5.41) is 16.0. The van der Waals surface area contributed by atoms with Crippen LogP contribution in [0.15, 0.2) is 35.9 Å². The molecule has 0 saturated heterocycles. The Labute approximate surface area is 123 Å². The number of urea groups is 1. The van der Waals surface area contributed by atoms with Crippen LogP contribution in [0.1, 0.15) is 32.1 Å². The predicted molar refractivity (Wildman–Crippen MR) is 81.3 cm³/mol. The zero-order valence-corrected chi connectivity index (χ0v) is 11.8. The third kappa shape index (κ3) is 4.91. The van der Waals surface area contributed by atoms with Crippen molar-refractivity contribution in [3.63, 3.8) is 0 Å². The van der Waals surface area contributed by atoms with Gasteiger partial charge in [0, 0.05) is 24.4 Å². The molecule has 0 heterocycles. The number of benzene rings is 1. The Morgan fingerprint density at radius 2 is 2.19 bits per heavy atom. The number of nitro benzene ring substituents is 1. The van der Waals surface area contributed by atoms with Gasteiger partial charge in [0.25, 0.3) is 5.69 Å². The minimum Gasteiger partial charge on any atom is -0.338 e. The molecular weight excluding hydrogens is 270 g/mol. The van der Waals surface area contributed by atoms with Gasteiger partial charge >= 0.3 is 6.03 Å². The van der Waals surface area contributed by atoms with Crippen molar-refractivity contribution in [2.24, 2.45) is 0 Å². The molecule has 2 rings (SSSR count). The second kappa shape index (κ2) is 7.42. The van der Waals surface area contributed by atoms with E-state index in [2.05, 4.69) is 16.7 Å².